The summed E-state index contributed by atoms with van der Waals surface area (Å²) in [4.78, 5) is 3.76. The molecule has 0 fully saturated rings. The van der Waals surface area contributed by atoms with Gasteiger partial charge < -0.3 is 0 Å². The highest BCUT2D eigenvalue weighted by atomic mass is 14.7. The Morgan fingerprint density at radius 2 is 2.57 bits per heavy atom. The molecular formula is C6H7N. The minimum atomic E-state index is 0.426. The second kappa shape index (κ2) is 2.35. The third-order valence-corrected chi connectivity index (χ3v) is 0.708. The zero-order valence-corrected chi connectivity index (χ0v) is 3.96. The molecule has 0 atom stereocenters. The second-order valence-corrected chi connectivity index (χ2v) is 1.26. The number of rotatable bonds is 0. The molecule has 0 radical (unpaired) electrons. The van der Waals surface area contributed by atoms with E-state index in [0.717, 1.165) is 0 Å². The molecule has 36 valence electrons. The number of nitrogens with zero attached hydrogens (tertiary/aromatic N) is 1. The van der Waals surface area contributed by atoms with Gasteiger partial charge in [-0.05, 0) is 6.08 Å². The Bertz CT molecular complexity index is 156. The van der Waals surface area contributed by atoms with E-state index in [1.54, 1.807) is 6.20 Å². The molecule has 0 aromatic heterocycles. The molecule has 1 heterocycles. The molecular weight excluding hydrogens is 86.1 g/mol. The standard InChI is InChI=1S/C6H7N/c1-2-4-6-7-5-3-1/h1-3,5-6H,4H2/i6D. The summed E-state index contributed by atoms with van der Waals surface area (Å²) in [6.07, 6.45) is 8.34. The van der Waals surface area contributed by atoms with Gasteiger partial charge in [-0.1, -0.05) is 12.2 Å². The van der Waals surface area contributed by atoms with Crippen molar-refractivity contribution in [3.05, 3.63) is 24.4 Å². The van der Waals surface area contributed by atoms with Gasteiger partial charge in [-0.2, -0.15) is 0 Å². The first-order valence-electron chi connectivity index (χ1n) is 2.74. The number of aliphatic imine (C=N–C) groups is 1. The van der Waals surface area contributed by atoms with E-state index in [0.29, 0.717) is 12.6 Å². The Morgan fingerprint density at radius 1 is 1.57 bits per heavy atom. The molecule has 0 N–H and O–H groups in total. The summed E-state index contributed by atoms with van der Waals surface area (Å²) in [7, 11) is 0. The summed E-state index contributed by atoms with van der Waals surface area (Å²) in [5.74, 6) is 0. The quantitative estimate of drug-likeness (QED) is 0.431. The fourth-order valence-corrected chi connectivity index (χ4v) is 0.397. The monoisotopic (exact) mass is 94.1 g/mol. The topological polar surface area (TPSA) is 12.4 Å². The fourth-order valence-electron chi connectivity index (χ4n) is 0.397. The van der Waals surface area contributed by atoms with Crippen molar-refractivity contribution in [1.82, 2.24) is 0 Å². The lowest BCUT2D eigenvalue weighted by Gasteiger charge is -1.68. The highest BCUT2D eigenvalue weighted by molar-refractivity contribution is 5.61. The van der Waals surface area contributed by atoms with Crippen LogP contribution in [-0.2, 0) is 0 Å². The average Bonchev–Trinajstić information content (AvgIpc) is 1.94. The highest BCUT2D eigenvalue weighted by Crippen LogP contribution is 1.86. The van der Waals surface area contributed by atoms with E-state index in [1.807, 2.05) is 18.2 Å². The van der Waals surface area contributed by atoms with E-state index in [9.17, 15) is 0 Å². The van der Waals surface area contributed by atoms with Crippen molar-refractivity contribution in [3.8, 4) is 0 Å². The molecule has 1 aliphatic heterocycles. The Kier molecular flexibility index (Phi) is 1.07. The van der Waals surface area contributed by atoms with Crippen LogP contribution in [-0.4, -0.2) is 6.19 Å². The van der Waals surface area contributed by atoms with Gasteiger partial charge in [0, 0.05) is 18.8 Å². The smallest absolute Gasteiger partial charge is 0.0795 e. The maximum atomic E-state index is 7.06. The van der Waals surface area contributed by atoms with Crippen LogP contribution in [0.4, 0.5) is 0 Å². The van der Waals surface area contributed by atoms with Crippen LogP contribution in [0, 0.1) is 0 Å². The maximum absolute atomic E-state index is 7.06. The van der Waals surface area contributed by atoms with E-state index in [2.05, 4.69) is 4.99 Å². The highest BCUT2D eigenvalue weighted by Gasteiger charge is 1.71. The van der Waals surface area contributed by atoms with Crippen molar-refractivity contribution in [3.63, 3.8) is 0 Å². The summed E-state index contributed by atoms with van der Waals surface area (Å²) in [5, 5.41) is 0. The molecule has 0 aliphatic carbocycles. The molecule has 0 aromatic carbocycles. The molecule has 0 aromatic rings. The molecule has 0 spiro atoms. The van der Waals surface area contributed by atoms with Gasteiger partial charge in [0.1, 0.15) is 0 Å². The van der Waals surface area contributed by atoms with Gasteiger partial charge in [0.2, 0.25) is 0 Å². The van der Waals surface area contributed by atoms with Crippen LogP contribution in [0.3, 0.4) is 0 Å². The van der Waals surface area contributed by atoms with Gasteiger partial charge in [0.15, 0.2) is 0 Å². The van der Waals surface area contributed by atoms with Crippen LogP contribution in [0.5, 0.6) is 0 Å². The van der Waals surface area contributed by atoms with E-state index >= 15 is 0 Å². The van der Waals surface area contributed by atoms with E-state index in [4.69, 9.17) is 1.37 Å². The van der Waals surface area contributed by atoms with E-state index < -0.39 is 0 Å². The van der Waals surface area contributed by atoms with Crippen molar-refractivity contribution in [2.24, 2.45) is 4.99 Å². The zero-order valence-electron chi connectivity index (χ0n) is 4.96. The first kappa shape index (κ1) is 3.19. The van der Waals surface area contributed by atoms with Crippen LogP contribution in [0.1, 0.15) is 7.79 Å². The van der Waals surface area contributed by atoms with Crippen molar-refractivity contribution >= 4 is 6.19 Å². The Hall–Kier alpha value is -0.850. The van der Waals surface area contributed by atoms with Gasteiger partial charge >= 0.3 is 0 Å². The summed E-state index contributed by atoms with van der Waals surface area (Å²) in [6.45, 7) is 0. The maximum Gasteiger partial charge on any atom is 0.0795 e. The third-order valence-electron chi connectivity index (χ3n) is 0.708. The molecule has 1 heteroatoms. The number of allylic oxidation sites excluding steroid dienone is 3. The molecule has 0 saturated carbocycles. The summed E-state index contributed by atoms with van der Waals surface area (Å²) >= 11 is 0. The molecule has 0 unspecified atom stereocenters. The number of hydrogen-bond acceptors (Lipinski definition) is 1. The van der Waals surface area contributed by atoms with Gasteiger partial charge in [0.25, 0.3) is 0 Å². The van der Waals surface area contributed by atoms with Crippen molar-refractivity contribution in [1.29, 1.82) is 0 Å². The summed E-state index contributed by atoms with van der Waals surface area (Å²) < 4.78 is 7.06. The van der Waals surface area contributed by atoms with Gasteiger partial charge in [0.05, 0.1) is 1.37 Å². The normalized spacial score (nSPS) is 20.6. The SMILES string of the molecule is [2H]C1=NC=CC=CC1. The zero-order chi connectivity index (χ0) is 5.82. The third kappa shape index (κ3) is 1.35. The lowest BCUT2D eigenvalue weighted by Crippen LogP contribution is -1.61. The summed E-state index contributed by atoms with van der Waals surface area (Å²) in [6, 6.07) is 0. The van der Waals surface area contributed by atoms with E-state index in [1.165, 1.54) is 0 Å². The Balaban J connectivity index is 2.69. The molecule has 1 rings (SSSR count). The lowest BCUT2D eigenvalue weighted by molar-refractivity contribution is 1.50. The van der Waals surface area contributed by atoms with Gasteiger partial charge in [-0.25, -0.2) is 0 Å². The van der Waals surface area contributed by atoms with Gasteiger partial charge in [-0.15, -0.1) is 0 Å². The lowest BCUT2D eigenvalue weighted by atomic mass is 10.4. The predicted octanol–water partition coefficient (Wildman–Crippen LogP) is 1.53. The van der Waals surface area contributed by atoms with Crippen LogP contribution in [0.2, 0.25) is 0 Å². The van der Waals surface area contributed by atoms with Crippen LogP contribution in [0.25, 0.3) is 0 Å². The first-order chi connectivity index (χ1) is 3.89. The molecule has 1 nitrogen and oxygen atoms in total. The Morgan fingerprint density at radius 3 is 3.57 bits per heavy atom. The molecule has 0 saturated heterocycles. The number of hydrogen-bond donors (Lipinski definition) is 0. The van der Waals surface area contributed by atoms with Crippen molar-refractivity contribution in [2.75, 3.05) is 0 Å². The van der Waals surface area contributed by atoms with Crippen LogP contribution >= 0.6 is 0 Å². The molecule has 0 bridgehead atoms. The summed E-state index contributed by atoms with van der Waals surface area (Å²) in [5.41, 5.74) is 0. The van der Waals surface area contributed by atoms with E-state index in [-0.39, 0.29) is 0 Å². The largest absolute Gasteiger partial charge is 0.269 e. The van der Waals surface area contributed by atoms with Crippen molar-refractivity contribution in [2.45, 2.75) is 6.42 Å². The minimum absolute atomic E-state index is 0.426. The second-order valence-electron chi connectivity index (χ2n) is 1.26. The van der Waals surface area contributed by atoms with Crippen molar-refractivity contribution < 1.29 is 1.37 Å². The molecule has 7 heavy (non-hydrogen) atoms. The predicted molar refractivity (Wildman–Crippen MR) is 31.4 cm³/mol. The van der Waals surface area contributed by atoms with Crippen LogP contribution in [0.15, 0.2) is 29.4 Å². The molecule has 0 amide bonds. The fraction of sp³-hybridized carbons (Fsp3) is 0.167. The molecule has 1 aliphatic rings. The minimum Gasteiger partial charge on any atom is -0.269 e. The van der Waals surface area contributed by atoms with Gasteiger partial charge in [-0.3, -0.25) is 4.99 Å². The first-order valence-corrected chi connectivity index (χ1v) is 2.24. The van der Waals surface area contributed by atoms with Crippen LogP contribution < -0.4 is 0 Å². The average molecular weight is 94.1 g/mol. The Labute approximate surface area is 44.5 Å².